The molecular weight excluding hydrogens is 224 g/mol. The van der Waals surface area contributed by atoms with E-state index < -0.39 is 0 Å². The van der Waals surface area contributed by atoms with E-state index in [-0.39, 0.29) is 5.78 Å². The molecule has 0 aliphatic heterocycles. The summed E-state index contributed by atoms with van der Waals surface area (Å²) in [5.74, 6) is -0.0149. The molecule has 0 saturated heterocycles. The highest BCUT2D eigenvalue weighted by Crippen LogP contribution is 2.27. The Morgan fingerprint density at radius 3 is 2.94 bits per heavy atom. The Morgan fingerprint density at radius 1 is 1.50 bits per heavy atom. The average Bonchev–Trinajstić information content (AvgIpc) is 2.64. The van der Waals surface area contributed by atoms with Gasteiger partial charge in [-0.2, -0.15) is 0 Å². The Hall–Kier alpha value is -1.62. The van der Waals surface area contributed by atoms with E-state index >= 15 is 0 Å². The number of aromatic nitrogens is 2. The van der Waals surface area contributed by atoms with E-state index in [4.69, 9.17) is 4.42 Å². The number of pyridine rings is 1. The van der Waals surface area contributed by atoms with Gasteiger partial charge in [0.25, 0.3) is 5.22 Å². The molecule has 82 valence electrons. The first-order chi connectivity index (χ1) is 7.66. The Kier molecular flexibility index (Phi) is 3.05. The molecule has 0 amide bonds. The van der Waals surface area contributed by atoms with Gasteiger partial charge < -0.3 is 4.42 Å². The summed E-state index contributed by atoms with van der Waals surface area (Å²) in [5.41, 5.74) is 1.39. The van der Waals surface area contributed by atoms with Crippen molar-refractivity contribution in [3.8, 4) is 0 Å². The molecule has 0 N–H and O–H groups in total. The Balaban J connectivity index is 2.31. The maximum Gasteiger partial charge on any atom is 0.262 e. The van der Waals surface area contributed by atoms with E-state index in [1.54, 1.807) is 24.6 Å². The van der Waals surface area contributed by atoms with Crippen LogP contribution in [0.15, 0.2) is 39.3 Å². The maximum absolute atomic E-state index is 11.4. The Bertz CT molecular complexity index is 522. The lowest BCUT2D eigenvalue weighted by Gasteiger charge is -2.01. The van der Waals surface area contributed by atoms with Crippen LogP contribution in [-0.2, 0) is 0 Å². The molecule has 0 saturated carbocycles. The summed E-state index contributed by atoms with van der Waals surface area (Å²) in [4.78, 5) is 19.7. The van der Waals surface area contributed by atoms with Crippen molar-refractivity contribution < 1.29 is 9.21 Å². The second-order valence-electron chi connectivity index (χ2n) is 3.27. The second-order valence-corrected chi connectivity index (χ2v) is 4.21. The maximum atomic E-state index is 11.4. The molecule has 0 atom stereocenters. The topological polar surface area (TPSA) is 56.0 Å². The van der Waals surface area contributed by atoms with Gasteiger partial charge in [-0.05, 0) is 37.7 Å². The van der Waals surface area contributed by atoms with Crippen molar-refractivity contribution >= 4 is 17.5 Å². The molecule has 16 heavy (non-hydrogen) atoms. The van der Waals surface area contributed by atoms with Crippen molar-refractivity contribution in [3.05, 3.63) is 35.9 Å². The fourth-order valence-electron chi connectivity index (χ4n) is 1.20. The minimum Gasteiger partial charge on any atom is -0.439 e. The Morgan fingerprint density at radius 2 is 2.31 bits per heavy atom. The number of hydrogen-bond acceptors (Lipinski definition) is 5. The van der Waals surface area contributed by atoms with Crippen LogP contribution in [-0.4, -0.2) is 15.8 Å². The third-order valence-corrected chi connectivity index (χ3v) is 2.81. The number of aryl methyl sites for hydroxylation is 1. The molecule has 2 aromatic heterocycles. The van der Waals surface area contributed by atoms with Gasteiger partial charge in [-0.1, -0.05) is 0 Å². The van der Waals surface area contributed by atoms with E-state index in [1.165, 1.54) is 18.7 Å². The lowest BCUT2D eigenvalue weighted by Crippen LogP contribution is -1.96. The van der Waals surface area contributed by atoms with Gasteiger partial charge in [0.2, 0.25) is 0 Å². The van der Waals surface area contributed by atoms with Crippen LogP contribution in [0.3, 0.4) is 0 Å². The predicted octanol–water partition coefficient (Wildman–Crippen LogP) is 2.73. The zero-order valence-corrected chi connectivity index (χ0v) is 9.75. The summed E-state index contributed by atoms with van der Waals surface area (Å²) in [6.07, 6.45) is 3.21. The highest BCUT2D eigenvalue weighted by Gasteiger charge is 2.12. The number of carbonyl (C=O) groups is 1. The third-order valence-electron chi connectivity index (χ3n) is 1.93. The smallest absolute Gasteiger partial charge is 0.262 e. The molecule has 0 aliphatic carbocycles. The predicted molar refractivity (Wildman–Crippen MR) is 59.6 cm³/mol. The zero-order valence-electron chi connectivity index (χ0n) is 8.93. The molecule has 5 heteroatoms. The average molecular weight is 234 g/mol. The van der Waals surface area contributed by atoms with Crippen LogP contribution in [0.2, 0.25) is 0 Å². The molecule has 4 nitrogen and oxygen atoms in total. The van der Waals surface area contributed by atoms with E-state index in [0.717, 1.165) is 5.69 Å². The summed E-state index contributed by atoms with van der Waals surface area (Å²) in [6.45, 7) is 3.36. The van der Waals surface area contributed by atoms with Crippen molar-refractivity contribution in [2.45, 2.75) is 24.1 Å². The van der Waals surface area contributed by atoms with Gasteiger partial charge in [-0.15, -0.1) is 0 Å². The van der Waals surface area contributed by atoms with Crippen molar-refractivity contribution in [2.75, 3.05) is 0 Å². The van der Waals surface area contributed by atoms with Gasteiger partial charge in [0, 0.05) is 6.20 Å². The second kappa shape index (κ2) is 4.49. The molecule has 2 rings (SSSR count). The number of carbonyl (C=O) groups excluding carboxylic acids is 1. The number of oxazole rings is 1. The lowest BCUT2D eigenvalue weighted by atomic mass is 10.2. The molecule has 0 aromatic carbocycles. The molecule has 0 bridgehead atoms. The molecule has 2 heterocycles. The first kappa shape index (κ1) is 10.9. The molecule has 0 fully saturated rings. The molecule has 0 radical (unpaired) electrons. The van der Waals surface area contributed by atoms with Crippen LogP contribution in [0.1, 0.15) is 23.0 Å². The van der Waals surface area contributed by atoms with Gasteiger partial charge in [0.1, 0.15) is 11.3 Å². The molecule has 0 unspecified atom stereocenters. The van der Waals surface area contributed by atoms with Crippen LogP contribution >= 0.6 is 11.8 Å². The van der Waals surface area contributed by atoms with Crippen molar-refractivity contribution in [3.63, 3.8) is 0 Å². The number of hydrogen-bond donors (Lipinski definition) is 0. The van der Waals surface area contributed by atoms with E-state index in [1.807, 2.05) is 6.92 Å². The number of rotatable bonds is 3. The van der Waals surface area contributed by atoms with Gasteiger partial charge in [0.15, 0.2) is 5.78 Å². The fourth-order valence-corrected chi connectivity index (χ4v) is 2.09. The van der Waals surface area contributed by atoms with Crippen LogP contribution in [0, 0.1) is 6.92 Å². The summed E-state index contributed by atoms with van der Waals surface area (Å²) in [6, 6.07) is 3.48. The largest absolute Gasteiger partial charge is 0.439 e. The normalized spacial score (nSPS) is 10.4. The van der Waals surface area contributed by atoms with Gasteiger partial charge in [-0.3, -0.25) is 4.79 Å². The number of ketones is 1. The first-order valence-electron chi connectivity index (χ1n) is 4.73. The van der Waals surface area contributed by atoms with Crippen molar-refractivity contribution in [1.82, 2.24) is 9.97 Å². The minimum atomic E-state index is -0.0149. The highest BCUT2D eigenvalue weighted by molar-refractivity contribution is 7.99. The summed E-state index contributed by atoms with van der Waals surface area (Å²) in [5, 5.41) is 1.12. The molecule has 2 aromatic rings. The summed E-state index contributed by atoms with van der Waals surface area (Å²) >= 11 is 1.25. The van der Waals surface area contributed by atoms with Crippen molar-refractivity contribution in [2.24, 2.45) is 0 Å². The zero-order chi connectivity index (χ0) is 11.5. The van der Waals surface area contributed by atoms with Crippen LogP contribution in [0.5, 0.6) is 0 Å². The van der Waals surface area contributed by atoms with Crippen LogP contribution in [0.25, 0.3) is 0 Å². The molecule has 0 spiro atoms. The van der Waals surface area contributed by atoms with Gasteiger partial charge >= 0.3 is 0 Å². The van der Waals surface area contributed by atoms with Crippen molar-refractivity contribution in [1.29, 1.82) is 0 Å². The third kappa shape index (κ3) is 2.30. The molecule has 0 aliphatic rings. The quantitative estimate of drug-likeness (QED) is 0.764. The highest BCUT2D eigenvalue weighted by atomic mass is 32.2. The standard InChI is InChI=1S/C11H10N2O2S/c1-7-6-15-11(13-7)16-10-9(8(2)14)4-3-5-12-10/h3-6H,1-2H3. The SMILES string of the molecule is CC(=O)c1cccnc1Sc1nc(C)co1. The van der Waals surface area contributed by atoms with E-state index in [9.17, 15) is 4.79 Å². The van der Waals surface area contributed by atoms with Gasteiger partial charge in [0.05, 0.1) is 11.3 Å². The number of nitrogens with zero attached hydrogens (tertiary/aromatic N) is 2. The number of Topliss-reactive ketones (excluding diaryl/α,β-unsaturated/α-hetero) is 1. The van der Waals surface area contributed by atoms with Crippen LogP contribution < -0.4 is 0 Å². The van der Waals surface area contributed by atoms with E-state index in [2.05, 4.69) is 9.97 Å². The van der Waals surface area contributed by atoms with Crippen LogP contribution in [0.4, 0.5) is 0 Å². The summed E-state index contributed by atoms with van der Waals surface area (Å²) in [7, 11) is 0. The minimum absolute atomic E-state index is 0.0149. The molecular formula is C11H10N2O2S. The lowest BCUT2D eigenvalue weighted by molar-refractivity contribution is 0.101. The van der Waals surface area contributed by atoms with E-state index in [0.29, 0.717) is 15.8 Å². The Labute approximate surface area is 97.1 Å². The summed E-state index contributed by atoms with van der Waals surface area (Å²) < 4.78 is 5.20. The van der Waals surface area contributed by atoms with Gasteiger partial charge in [-0.25, -0.2) is 9.97 Å². The monoisotopic (exact) mass is 234 g/mol. The first-order valence-corrected chi connectivity index (χ1v) is 5.54. The fraction of sp³-hybridized carbons (Fsp3) is 0.182.